The van der Waals surface area contributed by atoms with Crippen molar-refractivity contribution in [3.05, 3.63) is 111 Å². The Kier molecular flexibility index (Phi) is 8.28. The summed E-state index contributed by atoms with van der Waals surface area (Å²) in [6.07, 6.45) is 2.76. The lowest BCUT2D eigenvalue weighted by atomic mass is 10.1. The number of amides is 1. The smallest absolute Gasteiger partial charge is 0.339 e. The Labute approximate surface area is 240 Å². The van der Waals surface area contributed by atoms with Crippen LogP contribution in [0.5, 0.6) is 0 Å². The van der Waals surface area contributed by atoms with Gasteiger partial charge in [0.15, 0.2) is 18.1 Å². The molecule has 42 heavy (non-hydrogen) atoms. The number of anilines is 2. The number of pyridine rings is 1. The minimum absolute atomic E-state index is 0.0905. The highest BCUT2D eigenvalue weighted by Crippen LogP contribution is 2.26. The predicted molar refractivity (Wildman–Crippen MR) is 158 cm³/mol. The molecule has 5 rings (SSSR count). The lowest BCUT2D eigenvalue weighted by Gasteiger charge is -2.24. The zero-order valence-electron chi connectivity index (χ0n) is 22.9. The minimum Gasteiger partial charge on any atom is -0.463 e. The number of H-pyrrole nitrogens is 1. The van der Waals surface area contributed by atoms with Crippen LogP contribution in [0.25, 0.3) is 22.4 Å². The van der Waals surface area contributed by atoms with E-state index in [1.165, 1.54) is 15.7 Å². The first-order valence-corrected chi connectivity index (χ1v) is 13.4. The van der Waals surface area contributed by atoms with Gasteiger partial charge in [-0.25, -0.2) is 14.6 Å². The molecule has 3 aromatic heterocycles. The van der Waals surface area contributed by atoms with Crippen LogP contribution in [0.3, 0.4) is 0 Å². The van der Waals surface area contributed by atoms with Gasteiger partial charge in [0.05, 0.1) is 23.9 Å². The van der Waals surface area contributed by atoms with Gasteiger partial charge in [0.1, 0.15) is 11.5 Å². The highest BCUT2D eigenvalue weighted by atomic mass is 16.5. The number of benzene rings is 2. The van der Waals surface area contributed by atoms with E-state index >= 15 is 0 Å². The van der Waals surface area contributed by atoms with Gasteiger partial charge in [-0.05, 0) is 36.2 Å². The molecule has 0 radical (unpaired) electrons. The summed E-state index contributed by atoms with van der Waals surface area (Å²) >= 11 is 0. The Balaban J connectivity index is 1.44. The molecule has 11 nitrogen and oxygen atoms in total. The van der Waals surface area contributed by atoms with E-state index in [1.54, 1.807) is 42.5 Å². The van der Waals surface area contributed by atoms with Crippen molar-refractivity contribution in [1.82, 2.24) is 14.5 Å². The zero-order chi connectivity index (χ0) is 29.6. The lowest BCUT2D eigenvalue weighted by Crippen LogP contribution is -2.43. The van der Waals surface area contributed by atoms with Gasteiger partial charge in [-0.15, -0.1) is 0 Å². The van der Waals surface area contributed by atoms with Gasteiger partial charge < -0.3 is 19.8 Å². The van der Waals surface area contributed by atoms with Crippen molar-refractivity contribution < 1.29 is 18.7 Å². The molecule has 0 bridgehead atoms. The molecule has 0 aliphatic heterocycles. The van der Waals surface area contributed by atoms with E-state index in [1.807, 2.05) is 37.3 Å². The van der Waals surface area contributed by atoms with Gasteiger partial charge in [-0.1, -0.05) is 61.9 Å². The molecule has 0 atom stereocenters. The first-order chi connectivity index (χ1) is 20.4. The SMILES string of the molecule is CCCCN(C(=O)COC(=O)c1cc(-c2ccco2)nc2ccccc12)c1c(N)n(Cc2ccccc2)c(=O)[nH]c1=O. The van der Waals surface area contributed by atoms with Crippen LogP contribution in [-0.2, 0) is 16.1 Å². The number of nitrogen functional groups attached to an aromatic ring is 1. The summed E-state index contributed by atoms with van der Waals surface area (Å²) in [6.45, 7) is 1.49. The van der Waals surface area contributed by atoms with Crippen molar-refractivity contribution in [1.29, 1.82) is 0 Å². The second-order valence-corrected chi connectivity index (χ2v) is 9.59. The van der Waals surface area contributed by atoms with Crippen LogP contribution in [0, 0.1) is 0 Å². The molecule has 0 saturated carbocycles. The fraction of sp³-hybridized carbons (Fsp3) is 0.194. The third kappa shape index (κ3) is 5.85. The normalized spacial score (nSPS) is 11.0. The number of ether oxygens (including phenoxy) is 1. The molecule has 0 fully saturated rings. The second-order valence-electron chi connectivity index (χ2n) is 9.59. The molecule has 0 aliphatic rings. The molecular weight excluding hydrogens is 538 g/mol. The van der Waals surface area contributed by atoms with Crippen molar-refractivity contribution in [2.24, 2.45) is 0 Å². The van der Waals surface area contributed by atoms with Crippen LogP contribution >= 0.6 is 0 Å². The molecule has 0 unspecified atom stereocenters. The molecule has 5 aromatic rings. The molecule has 3 heterocycles. The predicted octanol–water partition coefficient (Wildman–Crippen LogP) is 3.97. The number of hydrogen-bond donors (Lipinski definition) is 2. The first-order valence-electron chi connectivity index (χ1n) is 13.4. The number of para-hydroxylation sites is 1. The van der Waals surface area contributed by atoms with Crippen LogP contribution in [0.2, 0.25) is 0 Å². The van der Waals surface area contributed by atoms with E-state index < -0.39 is 29.7 Å². The summed E-state index contributed by atoms with van der Waals surface area (Å²) in [7, 11) is 0. The number of furan rings is 1. The molecule has 3 N–H and O–H groups in total. The molecule has 0 saturated heterocycles. The number of rotatable bonds is 10. The highest BCUT2D eigenvalue weighted by Gasteiger charge is 2.26. The number of nitrogens with two attached hydrogens (primary N) is 1. The van der Waals surface area contributed by atoms with E-state index in [4.69, 9.17) is 14.9 Å². The Morgan fingerprint density at radius 1 is 1.05 bits per heavy atom. The lowest BCUT2D eigenvalue weighted by molar-refractivity contribution is -0.121. The van der Waals surface area contributed by atoms with Crippen molar-refractivity contribution in [2.45, 2.75) is 26.3 Å². The fourth-order valence-electron chi connectivity index (χ4n) is 4.62. The van der Waals surface area contributed by atoms with E-state index in [0.717, 1.165) is 5.56 Å². The Hall–Kier alpha value is -5.45. The van der Waals surface area contributed by atoms with Gasteiger partial charge in [0.2, 0.25) is 0 Å². The highest BCUT2D eigenvalue weighted by molar-refractivity contribution is 6.05. The summed E-state index contributed by atoms with van der Waals surface area (Å²) in [5.41, 5.74) is 6.63. The number of carbonyl (C=O) groups is 2. The van der Waals surface area contributed by atoms with Crippen LogP contribution in [0.1, 0.15) is 35.7 Å². The van der Waals surface area contributed by atoms with Crippen LogP contribution in [-0.4, -0.2) is 39.6 Å². The summed E-state index contributed by atoms with van der Waals surface area (Å²) in [6, 6.07) is 21.1. The van der Waals surface area contributed by atoms with Gasteiger partial charge in [0.25, 0.3) is 11.5 Å². The summed E-state index contributed by atoms with van der Waals surface area (Å²) < 4.78 is 12.1. The van der Waals surface area contributed by atoms with Gasteiger partial charge in [-0.3, -0.25) is 19.1 Å². The largest absolute Gasteiger partial charge is 0.463 e. The molecular formula is C31H29N5O6. The van der Waals surface area contributed by atoms with E-state index in [-0.39, 0.29) is 30.2 Å². The van der Waals surface area contributed by atoms with Crippen LogP contribution in [0.15, 0.2) is 93.1 Å². The van der Waals surface area contributed by atoms with Crippen molar-refractivity contribution in [2.75, 3.05) is 23.8 Å². The number of unbranched alkanes of at least 4 members (excludes halogenated alkanes) is 1. The minimum atomic E-state index is -0.805. The topological polar surface area (TPSA) is 154 Å². The maximum Gasteiger partial charge on any atom is 0.339 e. The average Bonchev–Trinajstić information content (AvgIpc) is 3.55. The van der Waals surface area contributed by atoms with Gasteiger partial charge >= 0.3 is 11.7 Å². The second kappa shape index (κ2) is 12.4. The standard InChI is InChI=1S/C31H29N5O6/c1-2-3-15-35(27-28(32)36(31(40)34-29(27)38)18-20-10-5-4-6-11-20)26(37)19-42-30(39)22-17-24(25-14-9-16-41-25)33-23-13-8-7-12-21(22)23/h4-14,16-17H,2-3,15,18-19,32H2,1H3,(H,34,38,40). The van der Waals surface area contributed by atoms with Crippen molar-refractivity contribution in [3.8, 4) is 11.5 Å². The van der Waals surface area contributed by atoms with Crippen LogP contribution in [0.4, 0.5) is 11.5 Å². The van der Waals surface area contributed by atoms with E-state index in [9.17, 15) is 19.2 Å². The average molecular weight is 568 g/mol. The van der Waals surface area contributed by atoms with Crippen molar-refractivity contribution in [3.63, 3.8) is 0 Å². The molecule has 2 aromatic carbocycles. The number of carbonyl (C=O) groups excluding carboxylic acids is 2. The number of aromatic nitrogens is 3. The maximum absolute atomic E-state index is 13.5. The van der Waals surface area contributed by atoms with E-state index in [0.29, 0.717) is 35.2 Å². The van der Waals surface area contributed by atoms with Crippen LogP contribution < -0.4 is 21.9 Å². The zero-order valence-corrected chi connectivity index (χ0v) is 22.9. The number of aromatic amines is 1. The van der Waals surface area contributed by atoms with Gasteiger partial charge in [-0.2, -0.15) is 0 Å². The third-order valence-electron chi connectivity index (χ3n) is 6.74. The quantitative estimate of drug-likeness (QED) is 0.240. The summed E-state index contributed by atoms with van der Waals surface area (Å²) in [5, 5.41) is 0.543. The summed E-state index contributed by atoms with van der Waals surface area (Å²) in [4.78, 5) is 60.4. The third-order valence-corrected chi connectivity index (χ3v) is 6.74. The monoisotopic (exact) mass is 567 g/mol. The number of fused-ring (bicyclic) bond motifs is 1. The number of hydrogen-bond acceptors (Lipinski definition) is 8. The van der Waals surface area contributed by atoms with Crippen molar-refractivity contribution >= 4 is 34.3 Å². The Morgan fingerprint density at radius 2 is 1.81 bits per heavy atom. The maximum atomic E-state index is 13.5. The number of esters is 1. The first kappa shape index (κ1) is 28.1. The molecule has 214 valence electrons. The Bertz CT molecular complexity index is 1840. The molecule has 1 amide bonds. The Morgan fingerprint density at radius 3 is 2.55 bits per heavy atom. The van der Waals surface area contributed by atoms with E-state index in [2.05, 4.69) is 9.97 Å². The van der Waals surface area contributed by atoms with Gasteiger partial charge in [0, 0.05) is 11.9 Å². The summed E-state index contributed by atoms with van der Waals surface area (Å²) in [5.74, 6) is -1.10. The molecule has 0 aliphatic carbocycles. The fourth-order valence-corrected chi connectivity index (χ4v) is 4.62. The molecule has 0 spiro atoms. The molecule has 11 heteroatoms. The number of nitrogens with zero attached hydrogens (tertiary/aromatic N) is 3. The number of nitrogens with one attached hydrogen (secondary N) is 1.